The Hall–Kier alpha value is -2.33. The number of rotatable bonds is 3. The lowest BCUT2D eigenvalue weighted by molar-refractivity contribution is -0.121. The van der Waals surface area contributed by atoms with E-state index in [1.54, 1.807) is 18.2 Å². The van der Waals surface area contributed by atoms with Crippen LogP contribution in [0.5, 0.6) is 0 Å². The summed E-state index contributed by atoms with van der Waals surface area (Å²) in [5.41, 5.74) is 2.24. The van der Waals surface area contributed by atoms with E-state index in [-0.39, 0.29) is 18.2 Å². The maximum absolute atomic E-state index is 12.5. The summed E-state index contributed by atoms with van der Waals surface area (Å²) in [6.07, 6.45) is 0.138. The smallest absolute Gasteiger partial charge is 0.256 e. The first-order valence-corrected chi connectivity index (χ1v) is 7.38. The van der Waals surface area contributed by atoms with Gasteiger partial charge in [-0.3, -0.25) is 9.59 Å². The Kier molecular flexibility index (Phi) is 3.86. The van der Waals surface area contributed by atoms with Crippen LogP contribution in [0.25, 0.3) is 0 Å². The van der Waals surface area contributed by atoms with E-state index in [1.807, 2.05) is 37.3 Å². The minimum atomic E-state index is -0.546. The Balaban J connectivity index is 1.83. The molecular formula is C17H15ClN2O2. The normalized spacial score (nSPS) is 17.9. The van der Waals surface area contributed by atoms with Gasteiger partial charge >= 0.3 is 0 Å². The van der Waals surface area contributed by atoms with Gasteiger partial charge in [0.05, 0.1) is 12.1 Å². The van der Waals surface area contributed by atoms with Gasteiger partial charge in [-0.25, -0.2) is 4.90 Å². The van der Waals surface area contributed by atoms with Crippen LogP contribution in [0.4, 0.5) is 11.4 Å². The number of halogens is 1. The third-order valence-electron chi connectivity index (χ3n) is 3.67. The van der Waals surface area contributed by atoms with Crippen molar-refractivity contribution >= 4 is 34.8 Å². The van der Waals surface area contributed by atoms with E-state index in [9.17, 15) is 9.59 Å². The van der Waals surface area contributed by atoms with Gasteiger partial charge in [0.2, 0.25) is 5.91 Å². The van der Waals surface area contributed by atoms with Crippen LogP contribution in [0, 0.1) is 6.92 Å². The van der Waals surface area contributed by atoms with Crippen molar-refractivity contribution in [2.24, 2.45) is 0 Å². The molecule has 0 radical (unpaired) electrons. The largest absolute Gasteiger partial charge is 0.373 e. The highest BCUT2D eigenvalue weighted by molar-refractivity contribution is 6.32. The molecule has 1 heterocycles. The predicted molar refractivity (Wildman–Crippen MR) is 87.2 cm³/mol. The Morgan fingerprint density at radius 1 is 1.14 bits per heavy atom. The van der Waals surface area contributed by atoms with Crippen molar-refractivity contribution < 1.29 is 9.59 Å². The number of amides is 2. The molecule has 0 aromatic heterocycles. The maximum atomic E-state index is 12.5. The summed E-state index contributed by atoms with van der Waals surface area (Å²) >= 11 is 6.09. The fourth-order valence-electron chi connectivity index (χ4n) is 2.47. The molecule has 1 atom stereocenters. The monoisotopic (exact) mass is 314 g/mol. The number of carbonyl (C=O) groups is 2. The van der Waals surface area contributed by atoms with Crippen LogP contribution in [-0.4, -0.2) is 17.9 Å². The van der Waals surface area contributed by atoms with Gasteiger partial charge in [0, 0.05) is 10.7 Å². The van der Waals surface area contributed by atoms with E-state index >= 15 is 0 Å². The highest BCUT2D eigenvalue weighted by Crippen LogP contribution is 2.28. The van der Waals surface area contributed by atoms with Gasteiger partial charge in [0.25, 0.3) is 5.91 Å². The Morgan fingerprint density at radius 2 is 1.86 bits per heavy atom. The topological polar surface area (TPSA) is 49.4 Å². The molecule has 22 heavy (non-hydrogen) atoms. The second-order valence-electron chi connectivity index (χ2n) is 5.27. The first-order chi connectivity index (χ1) is 10.6. The molecule has 0 saturated carbocycles. The standard InChI is InChI=1S/C17H15ClN2O2/c1-11-7-8-13(9-14(11)18)20-16(21)10-15(17(20)22)19-12-5-3-2-4-6-12/h2-9,15,19H,10H2,1H3/t15-/m1/s1. The molecule has 3 rings (SSSR count). The summed E-state index contributed by atoms with van der Waals surface area (Å²) in [4.78, 5) is 25.9. The number of anilines is 2. The van der Waals surface area contributed by atoms with Gasteiger partial charge in [-0.2, -0.15) is 0 Å². The molecule has 1 saturated heterocycles. The number of para-hydroxylation sites is 1. The number of hydrogen-bond donors (Lipinski definition) is 1. The van der Waals surface area contributed by atoms with Crippen LogP contribution in [0.1, 0.15) is 12.0 Å². The van der Waals surface area contributed by atoms with E-state index in [4.69, 9.17) is 11.6 Å². The lowest BCUT2D eigenvalue weighted by atomic mass is 10.2. The van der Waals surface area contributed by atoms with E-state index < -0.39 is 6.04 Å². The zero-order chi connectivity index (χ0) is 15.7. The number of imide groups is 1. The number of aryl methyl sites for hydroxylation is 1. The van der Waals surface area contributed by atoms with E-state index in [2.05, 4.69) is 5.32 Å². The van der Waals surface area contributed by atoms with Crippen molar-refractivity contribution in [2.75, 3.05) is 10.2 Å². The molecule has 0 spiro atoms. The van der Waals surface area contributed by atoms with Gasteiger partial charge in [0.15, 0.2) is 0 Å². The minimum Gasteiger partial charge on any atom is -0.373 e. The summed E-state index contributed by atoms with van der Waals surface area (Å²) in [6.45, 7) is 1.87. The van der Waals surface area contributed by atoms with Crippen LogP contribution in [0.2, 0.25) is 5.02 Å². The third-order valence-corrected chi connectivity index (χ3v) is 4.08. The molecule has 5 heteroatoms. The van der Waals surface area contributed by atoms with Gasteiger partial charge in [-0.05, 0) is 36.8 Å². The Bertz CT molecular complexity index is 731. The molecule has 0 bridgehead atoms. The summed E-state index contributed by atoms with van der Waals surface area (Å²) in [5.74, 6) is -0.480. The van der Waals surface area contributed by atoms with Crippen LogP contribution in [-0.2, 0) is 9.59 Å². The lowest BCUT2D eigenvalue weighted by Gasteiger charge is -2.16. The molecule has 1 fully saturated rings. The molecule has 0 unspecified atom stereocenters. The fourth-order valence-corrected chi connectivity index (χ4v) is 2.65. The van der Waals surface area contributed by atoms with Gasteiger partial charge in [-0.1, -0.05) is 35.9 Å². The summed E-state index contributed by atoms with van der Waals surface area (Å²) < 4.78 is 0. The average molecular weight is 315 g/mol. The molecule has 2 aromatic rings. The van der Waals surface area contributed by atoms with Crippen molar-refractivity contribution in [2.45, 2.75) is 19.4 Å². The molecular weight excluding hydrogens is 300 g/mol. The lowest BCUT2D eigenvalue weighted by Crippen LogP contribution is -2.34. The van der Waals surface area contributed by atoms with Gasteiger partial charge < -0.3 is 5.32 Å². The zero-order valence-electron chi connectivity index (χ0n) is 12.0. The van der Waals surface area contributed by atoms with Crippen molar-refractivity contribution in [1.82, 2.24) is 0 Å². The first kappa shape index (κ1) is 14.6. The summed E-state index contributed by atoms with van der Waals surface area (Å²) in [7, 11) is 0. The SMILES string of the molecule is Cc1ccc(N2C(=O)C[C@@H](Nc3ccccc3)C2=O)cc1Cl. The Labute approximate surface area is 133 Å². The number of nitrogens with zero attached hydrogens (tertiary/aromatic N) is 1. The summed E-state index contributed by atoms with van der Waals surface area (Å²) in [6, 6.07) is 14.0. The molecule has 1 N–H and O–H groups in total. The van der Waals surface area contributed by atoms with Crippen LogP contribution < -0.4 is 10.2 Å². The molecule has 2 amide bonds. The summed E-state index contributed by atoms with van der Waals surface area (Å²) in [5, 5.41) is 3.64. The second-order valence-corrected chi connectivity index (χ2v) is 5.68. The second kappa shape index (κ2) is 5.81. The number of benzene rings is 2. The van der Waals surface area contributed by atoms with Crippen molar-refractivity contribution in [1.29, 1.82) is 0 Å². The van der Waals surface area contributed by atoms with Crippen molar-refractivity contribution in [3.05, 3.63) is 59.1 Å². The quantitative estimate of drug-likeness (QED) is 0.883. The first-order valence-electron chi connectivity index (χ1n) is 7.01. The van der Waals surface area contributed by atoms with E-state index in [1.165, 1.54) is 4.90 Å². The molecule has 1 aliphatic rings. The highest BCUT2D eigenvalue weighted by Gasteiger charge is 2.39. The van der Waals surface area contributed by atoms with Crippen LogP contribution in [0.15, 0.2) is 48.5 Å². The minimum absolute atomic E-state index is 0.138. The number of nitrogens with one attached hydrogen (secondary N) is 1. The molecule has 4 nitrogen and oxygen atoms in total. The van der Waals surface area contributed by atoms with Gasteiger partial charge in [-0.15, -0.1) is 0 Å². The molecule has 2 aromatic carbocycles. The average Bonchev–Trinajstić information content (AvgIpc) is 2.78. The number of hydrogen-bond acceptors (Lipinski definition) is 3. The Morgan fingerprint density at radius 3 is 2.55 bits per heavy atom. The van der Waals surface area contributed by atoms with Crippen molar-refractivity contribution in [3.8, 4) is 0 Å². The highest BCUT2D eigenvalue weighted by atomic mass is 35.5. The van der Waals surface area contributed by atoms with Gasteiger partial charge in [0.1, 0.15) is 6.04 Å². The van der Waals surface area contributed by atoms with Crippen LogP contribution in [0.3, 0.4) is 0 Å². The maximum Gasteiger partial charge on any atom is 0.256 e. The third kappa shape index (κ3) is 2.70. The van der Waals surface area contributed by atoms with E-state index in [0.717, 1.165) is 11.3 Å². The molecule has 1 aliphatic heterocycles. The number of carbonyl (C=O) groups excluding carboxylic acids is 2. The van der Waals surface area contributed by atoms with Crippen molar-refractivity contribution in [3.63, 3.8) is 0 Å². The van der Waals surface area contributed by atoms with Crippen LogP contribution >= 0.6 is 11.6 Å². The molecule has 0 aliphatic carbocycles. The van der Waals surface area contributed by atoms with E-state index in [0.29, 0.717) is 10.7 Å². The predicted octanol–water partition coefficient (Wildman–Crippen LogP) is 3.39. The fraction of sp³-hybridized carbons (Fsp3) is 0.176. The molecule has 112 valence electrons. The zero-order valence-corrected chi connectivity index (χ0v) is 12.8.